The van der Waals surface area contributed by atoms with Gasteiger partial charge in [0.2, 0.25) is 0 Å². The van der Waals surface area contributed by atoms with Crippen LogP contribution < -0.4 is 4.74 Å². The number of likely N-dealkylation sites (tertiary alicyclic amines) is 1. The second-order valence-corrected chi connectivity index (χ2v) is 6.83. The van der Waals surface area contributed by atoms with Gasteiger partial charge < -0.3 is 4.74 Å². The van der Waals surface area contributed by atoms with Crippen LogP contribution in [0.4, 0.5) is 0 Å². The van der Waals surface area contributed by atoms with Crippen molar-refractivity contribution >= 4 is 10.1 Å². The van der Waals surface area contributed by atoms with Crippen molar-refractivity contribution < 1.29 is 17.7 Å². The van der Waals surface area contributed by atoms with Crippen molar-refractivity contribution in [1.29, 1.82) is 0 Å². The van der Waals surface area contributed by atoms with Crippen LogP contribution in [0.15, 0.2) is 18.3 Å². The summed E-state index contributed by atoms with van der Waals surface area (Å²) in [5.41, 5.74) is 0.872. The lowest BCUT2D eigenvalue weighted by atomic mass is 10.2. The molecule has 2 fully saturated rings. The average molecular weight is 284 g/mol. The van der Waals surface area contributed by atoms with Crippen LogP contribution in [-0.4, -0.2) is 47.3 Å². The molecule has 1 N–H and O–H groups in total. The van der Waals surface area contributed by atoms with Crippen molar-refractivity contribution in [2.45, 2.75) is 30.7 Å². The Hall–Kier alpha value is -1.18. The molecule has 19 heavy (non-hydrogen) atoms. The minimum absolute atomic E-state index is 0.360. The van der Waals surface area contributed by atoms with Gasteiger partial charge in [-0.2, -0.15) is 8.42 Å². The fraction of sp³-hybridized carbons (Fsp3) is 0.583. The molecule has 0 spiro atoms. The lowest BCUT2D eigenvalue weighted by Crippen LogP contribution is -2.53. The Bertz CT molecular complexity index is 548. The second-order valence-electron chi connectivity index (χ2n) is 5.13. The molecule has 1 aliphatic carbocycles. The van der Waals surface area contributed by atoms with E-state index >= 15 is 0 Å². The lowest BCUT2D eigenvalue weighted by Gasteiger charge is -2.36. The van der Waals surface area contributed by atoms with Crippen LogP contribution >= 0.6 is 0 Å². The molecule has 1 aliphatic heterocycles. The quantitative estimate of drug-likeness (QED) is 0.802. The summed E-state index contributed by atoms with van der Waals surface area (Å²) < 4.78 is 36.2. The number of hydrogen-bond donors (Lipinski definition) is 1. The largest absolute Gasteiger partial charge is 0.489 e. The van der Waals surface area contributed by atoms with E-state index in [1.807, 2.05) is 17.0 Å². The third-order valence-electron chi connectivity index (χ3n) is 3.36. The summed E-state index contributed by atoms with van der Waals surface area (Å²) in [6, 6.07) is 3.78. The van der Waals surface area contributed by atoms with Gasteiger partial charge in [-0.15, -0.1) is 0 Å². The fourth-order valence-corrected chi connectivity index (χ4v) is 2.82. The molecule has 104 valence electrons. The summed E-state index contributed by atoms with van der Waals surface area (Å²) in [7, 11) is -3.89. The smallest absolute Gasteiger partial charge is 0.270 e. The Kier molecular flexibility index (Phi) is 3.20. The zero-order valence-electron chi connectivity index (χ0n) is 10.4. The molecule has 7 heteroatoms. The molecular weight excluding hydrogens is 268 g/mol. The van der Waals surface area contributed by atoms with Crippen LogP contribution in [-0.2, 0) is 16.7 Å². The summed E-state index contributed by atoms with van der Waals surface area (Å²) in [6.45, 7) is 1.32. The molecule has 0 bridgehead atoms. The minimum atomic E-state index is -3.89. The summed E-state index contributed by atoms with van der Waals surface area (Å²) >= 11 is 0. The third-order valence-corrected chi connectivity index (χ3v) is 4.50. The highest BCUT2D eigenvalue weighted by molar-refractivity contribution is 7.86. The molecular formula is C12H16N2O4S. The average Bonchev–Trinajstić information content (AvgIpc) is 3.07. The predicted octanol–water partition coefficient (Wildman–Crippen LogP) is 0.695. The summed E-state index contributed by atoms with van der Waals surface area (Å²) in [4.78, 5) is 6.22. The van der Waals surface area contributed by atoms with Crippen molar-refractivity contribution in [3.05, 3.63) is 24.0 Å². The first-order valence-corrected chi connectivity index (χ1v) is 7.81. The van der Waals surface area contributed by atoms with Crippen LogP contribution in [0.2, 0.25) is 0 Å². The molecule has 2 heterocycles. The Labute approximate surface area is 112 Å². The molecule has 0 radical (unpaired) electrons. The lowest BCUT2D eigenvalue weighted by molar-refractivity contribution is 0.168. The molecule has 2 aliphatic rings. The van der Waals surface area contributed by atoms with Gasteiger partial charge in [-0.3, -0.25) is 14.4 Å². The minimum Gasteiger partial charge on any atom is -0.489 e. The highest BCUT2D eigenvalue weighted by atomic mass is 32.2. The van der Waals surface area contributed by atoms with Gasteiger partial charge in [0.1, 0.15) is 11.0 Å². The van der Waals surface area contributed by atoms with Crippen molar-refractivity contribution in [3.63, 3.8) is 0 Å². The van der Waals surface area contributed by atoms with E-state index in [0.717, 1.165) is 24.3 Å². The van der Waals surface area contributed by atoms with E-state index in [0.29, 0.717) is 25.7 Å². The molecule has 1 saturated carbocycles. The Balaban J connectivity index is 1.51. The number of ether oxygens (including phenoxy) is 1. The fourth-order valence-electron chi connectivity index (χ4n) is 2.02. The summed E-state index contributed by atoms with van der Waals surface area (Å²) in [5, 5.41) is -0.648. The van der Waals surface area contributed by atoms with E-state index in [1.54, 1.807) is 6.20 Å². The topological polar surface area (TPSA) is 79.7 Å². The van der Waals surface area contributed by atoms with Gasteiger partial charge in [0.05, 0.1) is 18.0 Å². The predicted molar refractivity (Wildman–Crippen MR) is 68.5 cm³/mol. The highest BCUT2D eigenvalue weighted by Gasteiger charge is 2.36. The zero-order chi connectivity index (χ0) is 13.5. The van der Waals surface area contributed by atoms with E-state index in [4.69, 9.17) is 9.29 Å². The van der Waals surface area contributed by atoms with Crippen molar-refractivity contribution in [3.8, 4) is 5.75 Å². The van der Waals surface area contributed by atoms with Crippen LogP contribution in [0, 0.1) is 0 Å². The monoisotopic (exact) mass is 284 g/mol. The van der Waals surface area contributed by atoms with Crippen LogP contribution in [0.5, 0.6) is 5.75 Å². The number of pyridine rings is 1. The molecule has 0 unspecified atom stereocenters. The Morgan fingerprint density at radius 1 is 1.37 bits per heavy atom. The maximum absolute atomic E-state index is 10.9. The molecule has 0 atom stereocenters. The van der Waals surface area contributed by atoms with Gasteiger partial charge in [-0.25, -0.2) is 0 Å². The normalized spacial score (nSPS) is 21.1. The highest BCUT2D eigenvalue weighted by Crippen LogP contribution is 2.26. The van der Waals surface area contributed by atoms with E-state index in [-0.39, 0.29) is 0 Å². The number of rotatable bonds is 5. The first-order chi connectivity index (χ1) is 9.00. The Morgan fingerprint density at radius 2 is 2.11 bits per heavy atom. The second kappa shape index (κ2) is 4.73. The summed E-state index contributed by atoms with van der Waals surface area (Å²) in [6.07, 6.45) is 4.30. The molecule has 1 aromatic heterocycles. The summed E-state index contributed by atoms with van der Waals surface area (Å²) in [5.74, 6) is 0.783. The number of aromatic nitrogens is 1. The van der Waals surface area contributed by atoms with Crippen molar-refractivity contribution in [2.24, 2.45) is 0 Å². The van der Waals surface area contributed by atoms with Gasteiger partial charge in [0.25, 0.3) is 10.1 Å². The van der Waals surface area contributed by atoms with Gasteiger partial charge in [-0.05, 0) is 25.0 Å². The number of hydrogen-bond acceptors (Lipinski definition) is 5. The zero-order valence-corrected chi connectivity index (χ0v) is 11.2. The molecule has 3 rings (SSSR count). The molecule has 0 amide bonds. The molecule has 0 aromatic carbocycles. The first kappa shape index (κ1) is 12.8. The van der Waals surface area contributed by atoms with E-state index in [1.165, 1.54) is 0 Å². The number of nitrogens with zero attached hydrogens (tertiary/aromatic N) is 2. The van der Waals surface area contributed by atoms with Gasteiger partial charge in [0.15, 0.2) is 0 Å². The first-order valence-electron chi connectivity index (χ1n) is 6.31. The van der Waals surface area contributed by atoms with Crippen LogP contribution in [0.1, 0.15) is 18.5 Å². The third kappa shape index (κ3) is 3.23. The molecule has 1 saturated heterocycles. The maximum Gasteiger partial charge on any atom is 0.270 e. The van der Waals surface area contributed by atoms with Crippen LogP contribution in [0.3, 0.4) is 0 Å². The van der Waals surface area contributed by atoms with E-state index in [2.05, 4.69) is 4.98 Å². The Morgan fingerprint density at radius 3 is 2.63 bits per heavy atom. The maximum atomic E-state index is 10.9. The standard InChI is InChI=1S/C12H16N2O4S/c15-19(16,17)12-7-14(8-12)6-9-1-2-11(5-13-9)18-10-3-4-10/h1-2,5,10,12H,3-4,6-8H2,(H,15,16,17). The molecule has 1 aromatic rings. The molecule has 6 nitrogen and oxygen atoms in total. The van der Waals surface area contributed by atoms with Crippen molar-refractivity contribution in [2.75, 3.05) is 13.1 Å². The SMILES string of the molecule is O=S(=O)(O)C1CN(Cc2ccc(OC3CC3)cn2)C1. The van der Waals surface area contributed by atoms with E-state index < -0.39 is 15.4 Å². The van der Waals surface area contributed by atoms with Crippen molar-refractivity contribution in [1.82, 2.24) is 9.88 Å². The van der Waals surface area contributed by atoms with E-state index in [9.17, 15) is 8.42 Å². The van der Waals surface area contributed by atoms with Crippen LogP contribution in [0.25, 0.3) is 0 Å². The van der Waals surface area contributed by atoms with Gasteiger partial charge in [-0.1, -0.05) is 0 Å². The van der Waals surface area contributed by atoms with Gasteiger partial charge in [0, 0.05) is 19.6 Å². The van der Waals surface area contributed by atoms with Gasteiger partial charge >= 0.3 is 0 Å².